The van der Waals surface area contributed by atoms with E-state index in [9.17, 15) is 9.90 Å². The van der Waals surface area contributed by atoms with Gasteiger partial charge in [-0.1, -0.05) is 42.5 Å². The second kappa shape index (κ2) is 12.4. The lowest BCUT2D eigenvalue weighted by atomic mass is 9.94. The summed E-state index contributed by atoms with van der Waals surface area (Å²) in [6.07, 6.45) is 8.73. The van der Waals surface area contributed by atoms with Crippen LogP contribution in [0.3, 0.4) is 0 Å². The van der Waals surface area contributed by atoms with Gasteiger partial charge in [-0.2, -0.15) is 0 Å². The molecular weight excluding hydrogens is 432 g/mol. The Kier molecular flexibility index (Phi) is 9.86. The highest BCUT2D eigenvalue weighted by Crippen LogP contribution is 2.31. The molecule has 0 aliphatic heterocycles. The van der Waals surface area contributed by atoms with Crippen molar-refractivity contribution in [3.8, 4) is 17.6 Å². The number of hydrogen-bond acceptors (Lipinski definition) is 5. The van der Waals surface area contributed by atoms with Crippen molar-refractivity contribution in [2.24, 2.45) is 0 Å². The van der Waals surface area contributed by atoms with Crippen molar-refractivity contribution in [3.05, 3.63) is 64.9 Å². The highest BCUT2D eigenvalue weighted by molar-refractivity contribution is 6.32. The molecule has 0 bridgehead atoms. The van der Waals surface area contributed by atoms with E-state index >= 15 is 0 Å². The van der Waals surface area contributed by atoms with Gasteiger partial charge in [0, 0.05) is 26.1 Å². The molecule has 7 heteroatoms. The fourth-order valence-electron chi connectivity index (χ4n) is 3.21. The smallest absolute Gasteiger partial charge is 0.333 e. The van der Waals surface area contributed by atoms with Gasteiger partial charge >= 0.3 is 5.97 Å². The summed E-state index contributed by atoms with van der Waals surface area (Å²) in [4.78, 5) is 11.4. The number of benzene rings is 1. The largest absolute Gasteiger partial charge is 0.501 e. The summed E-state index contributed by atoms with van der Waals surface area (Å²) in [7, 11) is 3.24. The van der Waals surface area contributed by atoms with Crippen molar-refractivity contribution in [1.29, 1.82) is 0 Å². The Morgan fingerprint density at radius 1 is 1.38 bits per heavy atom. The number of carboxylic acid groups (broad SMARTS) is 1. The number of methoxy groups -OCH3 is 2. The molecule has 6 nitrogen and oxygen atoms in total. The van der Waals surface area contributed by atoms with Crippen LogP contribution in [0.1, 0.15) is 31.7 Å². The van der Waals surface area contributed by atoms with E-state index < -0.39 is 17.7 Å². The first-order valence-corrected chi connectivity index (χ1v) is 10.7. The maximum absolute atomic E-state index is 11.4. The van der Waals surface area contributed by atoms with Crippen LogP contribution < -0.4 is 4.74 Å². The molecule has 2 unspecified atom stereocenters. The second-order valence-corrected chi connectivity index (χ2v) is 7.55. The standard InChI is InChI=1S/C25H29ClO6/c1-5-31-23(24(27)28)18(2)19-11-12-22(21(26)16-19)32-15-8-6-7-13-25(30-4)14-9-10-20(17-25)29-3/h6,8-12,14,16,18,23H,5,15,17H2,1-4H3,(H,27,28)/b8-6+/t18?,23-,25?/m0/s1. The molecule has 0 heterocycles. The van der Waals surface area contributed by atoms with E-state index in [4.69, 9.17) is 30.5 Å². The Bertz CT molecular complexity index is 939. The van der Waals surface area contributed by atoms with Crippen LogP contribution in [0.4, 0.5) is 0 Å². The van der Waals surface area contributed by atoms with E-state index in [2.05, 4.69) is 11.8 Å². The van der Waals surface area contributed by atoms with E-state index in [0.29, 0.717) is 23.8 Å². The van der Waals surface area contributed by atoms with Crippen LogP contribution in [0.15, 0.2) is 54.3 Å². The van der Waals surface area contributed by atoms with Gasteiger partial charge in [-0.15, -0.1) is 0 Å². The topological polar surface area (TPSA) is 74.2 Å². The number of carboxylic acids is 1. The predicted octanol–water partition coefficient (Wildman–Crippen LogP) is 4.75. The van der Waals surface area contributed by atoms with Gasteiger partial charge in [0.15, 0.2) is 11.7 Å². The van der Waals surface area contributed by atoms with Crippen LogP contribution in [0.2, 0.25) is 5.02 Å². The first kappa shape index (κ1) is 25.5. The number of rotatable bonds is 10. The summed E-state index contributed by atoms with van der Waals surface area (Å²) in [5.41, 5.74) is 0.0515. The minimum atomic E-state index is -1.00. The third-order valence-electron chi connectivity index (χ3n) is 5.06. The summed E-state index contributed by atoms with van der Waals surface area (Å²) in [5, 5.41) is 9.77. The van der Waals surface area contributed by atoms with Gasteiger partial charge in [0.2, 0.25) is 0 Å². The lowest BCUT2D eigenvalue weighted by molar-refractivity contribution is -0.151. The molecule has 1 aromatic rings. The fraction of sp³-hybridized carbons (Fsp3) is 0.400. The second-order valence-electron chi connectivity index (χ2n) is 7.14. The van der Waals surface area contributed by atoms with Gasteiger partial charge in [-0.05, 0) is 48.9 Å². The minimum Gasteiger partial charge on any atom is -0.501 e. The first-order valence-electron chi connectivity index (χ1n) is 10.3. The maximum atomic E-state index is 11.4. The van der Waals surface area contributed by atoms with E-state index in [-0.39, 0.29) is 12.5 Å². The van der Waals surface area contributed by atoms with Crippen molar-refractivity contribution >= 4 is 17.6 Å². The van der Waals surface area contributed by atoms with Crippen molar-refractivity contribution < 1.29 is 28.8 Å². The van der Waals surface area contributed by atoms with Crippen molar-refractivity contribution in [1.82, 2.24) is 0 Å². The molecule has 0 fully saturated rings. The van der Waals surface area contributed by atoms with Gasteiger partial charge in [-0.25, -0.2) is 4.79 Å². The minimum absolute atomic E-state index is 0.277. The molecule has 32 heavy (non-hydrogen) atoms. The van der Waals surface area contributed by atoms with Crippen LogP contribution in [0.25, 0.3) is 0 Å². The van der Waals surface area contributed by atoms with E-state index in [0.717, 1.165) is 11.3 Å². The van der Waals surface area contributed by atoms with Gasteiger partial charge in [0.25, 0.3) is 0 Å². The highest BCUT2D eigenvalue weighted by Gasteiger charge is 2.28. The van der Waals surface area contributed by atoms with Gasteiger partial charge in [0.05, 0.1) is 17.9 Å². The van der Waals surface area contributed by atoms with Crippen LogP contribution in [-0.2, 0) is 19.0 Å². The predicted molar refractivity (Wildman–Crippen MR) is 124 cm³/mol. The first-order chi connectivity index (χ1) is 15.4. The Hall–Kier alpha value is -2.72. The normalized spacial score (nSPS) is 19.6. The third kappa shape index (κ3) is 6.89. The Morgan fingerprint density at radius 2 is 2.16 bits per heavy atom. The Balaban J connectivity index is 1.96. The molecule has 1 aliphatic rings. The molecule has 0 saturated carbocycles. The lowest BCUT2D eigenvalue weighted by Gasteiger charge is -2.26. The summed E-state index contributed by atoms with van der Waals surface area (Å²) < 4.78 is 21.9. The van der Waals surface area contributed by atoms with Crippen LogP contribution >= 0.6 is 11.6 Å². The lowest BCUT2D eigenvalue weighted by Crippen LogP contribution is -2.29. The SMILES string of the molecule is CCO[C@H](C(=O)O)C(C)c1ccc(OC/C=C/C#CC2(OC)C=CC=C(OC)C2)c(Cl)c1. The highest BCUT2D eigenvalue weighted by atomic mass is 35.5. The third-order valence-corrected chi connectivity index (χ3v) is 5.35. The van der Waals surface area contributed by atoms with Gasteiger partial charge in [0.1, 0.15) is 12.4 Å². The Labute approximate surface area is 194 Å². The molecule has 1 aromatic carbocycles. The number of hydrogen-bond donors (Lipinski definition) is 1. The molecule has 0 amide bonds. The van der Waals surface area contributed by atoms with E-state index in [1.165, 1.54) is 0 Å². The number of ether oxygens (including phenoxy) is 4. The molecule has 2 rings (SSSR count). The fourth-order valence-corrected chi connectivity index (χ4v) is 3.46. The maximum Gasteiger partial charge on any atom is 0.333 e. The number of aliphatic carboxylic acids is 1. The summed E-state index contributed by atoms with van der Waals surface area (Å²) in [6.45, 7) is 4.15. The zero-order valence-electron chi connectivity index (χ0n) is 18.8. The molecule has 0 spiro atoms. The molecule has 0 saturated heterocycles. The van der Waals surface area contributed by atoms with Gasteiger partial charge < -0.3 is 24.1 Å². The molecule has 1 N–H and O–H groups in total. The summed E-state index contributed by atoms with van der Waals surface area (Å²) in [6, 6.07) is 5.23. The van der Waals surface area contributed by atoms with Crippen molar-refractivity contribution in [2.45, 2.75) is 37.9 Å². The number of halogens is 1. The number of allylic oxidation sites excluding steroid dienone is 3. The average Bonchev–Trinajstić information content (AvgIpc) is 2.80. The van der Waals surface area contributed by atoms with Crippen molar-refractivity contribution in [3.63, 3.8) is 0 Å². The monoisotopic (exact) mass is 460 g/mol. The van der Waals surface area contributed by atoms with Crippen LogP contribution in [-0.4, -0.2) is 50.2 Å². The molecular formula is C25H29ClO6. The zero-order chi connectivity index (χ0) is 23.6. The molecule has 172 valence electrons. The zero-order valence-corrected chi connectivity index (χ0v) is 19.5. The Morgan fingerprint density at radius 3 is 2.78 bits per heavy atom. The van der Waals surface area contributed by atoms with Crippen LogP contribution in [0.5, 0.6) is 5.75 Å². The summed E-state index contributed by atoms with van der Waals surface area (Å²) in [5.74, 6) is 6.03. The van der Waals surface area contributed by atoms with Crippen LogP contribution in [0, 0.1) is 11.8 Å². The van der Waals surface area contributed by atoms with E-state index in [1.54, 1.807) is 58.4 Å². The number of carbonyl (C=O) groups is 1. The van der Waals surface area contributed by atoms with E-state index in [1.807, 2.05) is 18.2 Å². The molecule has 0 radical (unpaired) electrons. The molecule has 3 atom stereocenters. The van der Waals surface area contributed by atoms with Crippen molar-refractivity contribution in [2.75, 3.05) is 27.4 Å². The average molecular weight is 461 g/mol. The van der Waals surface area contributed by atoms with Gasteiger partial charge in [-0.3, -0.25) is 0 Å². The summed E-state index contributed by atoms with van der Waals surface area (Å²) >= 11 is 6.33. The molecule has 0 aromatic heterocycles. The quantitative estimate of drug-likeness (QED) is 0.508. The molecule has 1 aliphatic carbocycles.